The van der Waals surface area contributed by atoms with Crippen LogP contribution in [0.25, 0.3) is 0 Å². The third-order valence-electron chi connectivity index (χ3n) is 1.16. The Labute approximate surface area is 76.1 Å². The molecule has 11 heavy (non-hydrogen) atoms. The first-order valence-electron chi connectivity index (χ1n) is 2.96. The van der Waals surface area contributed by atoms with Crippen LogP contribution in [0, 0.1) is 5.41 Å². The summed E-state index contributed by atoms with van der Waals surface area (Å²) >= 11 is 1.65. The van der Waals surface area contributed by atoms with Crippen molar-refractivity contribution in [3.05, 3.63) is 22.4 Å². The number of methoxy groups -OCH3 is 1. The second kappa shape index (κ2) is 5.16. The van der Waals surface area contributed by atoms with E-state index in [4.69, 9.17) is 10.1 Å². The zero-order valence-corrected chi connectivity index (χ0v) is 7.80. The highest BCUT2D eigenvalue weighted by atomic mass is 35.5. The fraction of sp³-hybridized carbons (Fsp3) is 0.286. The van der Waals surface area contributed by atoms with Crippen molar-refractivity contribution < 1.29 is 4.74 Å². The largest absolute Gasteiger partial charge is 0.484 e. The second-order valence-corrected chi connectivity index (χ2v) is 2.92. The van der Waals surface area contributed by atoms with Crippen molar-refractivity contribution in [2.75, 3.05) is 7.11 Å². The first-order chi connectivity index (χ1) is 4.83. The van der Waals surface area contributed by atoms with Crippen LogP contribution in [-0.4, -0.2) is 13.0 Å². The van der Waals surface area contributed by atoms with Crippen molar-refractivity contribution in [1.29, 1.82) is 5.41 Å². The summed E-state index contributed by atoms with van der Waals surface area (Å²) in [5.74, 6) is 0.322. The molecule has 0 atom stereocenters. The predicted octanol–water partition coefficient (Wildman–Crippen LogP) is 2.34. The number of halogens is 1. The van der Waals surface area contributed by atoms with Crippen LogP contribution in [0.2, 0.25) is 0 Å². The zero-order valence-electron chi connectivity index (χ0n) is 6.16. The fourth-order valence-electron chi connectivity index (χ4n) is 0.644. The lowest BCUT2D eigenvalue weighted by molar-refractivity contribution is 0.390. The quantitative estimate of drug-likeness (QED) is 0.565. The summed E-state index contributed by atoms with van der Waals surface area (Å²) in [5, 5.41) is 9.20. The minimum absolute atomic E-state index is 0. The molecule has 0 spiro atoms. The van der Waals surface area contributed by atoms with Gasteiger partial charge >= 0.3 is 0 Å². The molecule has 0 aliphatic carbocycles. The molecule has 0 fully saturated rings. The third kappa shape index (κ3) is 3.39. The smallest absolute Gasteiger partial charge is 0.185 e. The Hall–Kier alpha value is -0.540. The van der Waals surface area contributed by atoms with Crippen LogP contribution < -0.4 is 0 Å². The van der Waals surface area contributed by atoms with Crippen molar-refractivity contribution >= 4 is 29.6 Å². The van der Waals surface area contributed by atoms with Gasteiger partial charge in [0, 0.05) is 4.88 Å². The van der Waals surface area contributed by atoms with E-state index in [0.29, 0.717) is 12.3 Å². The van der Waals surface area contributed by atoms with E-state index in [1.165, 1.54) is 12.0 Å². The van der Waals surface area contributed by atoms with Crippen molar-refractivity contribution in [2.24, 2.45) is 0 Å². The molecular formula is C7H10ClNOS. The number of hydrogen-bond acceptors (Lipinski definition) is 3. The summed E-state index contributed by atoms with van der Waals surface area (Å²) < 4.78 is 4.71. The van der Waals surface area contributed by atoms with Crippen LogP contribution >= 0.6 is 23.7 Å². The molecular weight excluding hydrogens is 182 g/mol. The molecule has 1 aromatic heterocycles. The second-order valence-electron chi connectivity index (χ2n) is 1.88. The van der Waals surface area contributed by atoms with Gasteiger partial charge in [-0.15, -0.1) is 23.7 Å². The van der Waals surface area contributed by atoms with E-state index in [2.05, 4.69) is 0 Å². The first kappa shape index (κ1) is 10.5. The van der Waals surface area contributed by atoms with Gasteiger partial charge < -0.3 is 4.74 Å². The van der Waals surface area contributed by atoms with Crippen LogP contribution in [0.15, 0.2) is 17.5 Å². The van der Waals surface area contributed by atoms with Crippen LogP contribution in [0.5, 0.6) is 0 Å². The zero-order chi connectivity index (χ0) is 7.40. The van der Waals surface area contributed by atoms with Gasteiger partial charge in [0.05, 0.1) is 13.5 Å². The fourth-order valence-corrected chi connectivity index (χ4v) is 1.35. The molecule has 0 radical (unpaired) electrons. The average Bonchev–Trinajstić information content (AvgIpc) is 2.40. The molecule has 2 nitrogen and oxygen atoms in total. The van der Waals surface area contributed by atoms with Gasteiger partial charge in [0.2, 0.25) is 0 Å². The maximum Gasteiger partial charge on any atom is 0.185 e. The van der Waals surface area contributed by atoms with Crippen LogP contribution in [0.1, 0.15) is 4.88 Å². The lowest BCUT2D eigenvalue weighted by Gasteiger charge is -1.97. The molecule has 1 rings (SSSR count). The molecule has 0 saturated carbocycles. The highest BCUT2D eigenvalue weighted by Gasteiger charge is 1.97. The molecule has 0 unspecified atom stereocenters. The summed E-state index contributed by atoms with van der Waals surface area (Å²) in [7, 11) is 1.52. The number of thiophene rings is 1. The third-order valence-corrected chi connectivity index (χ3v) is 2.04. The Bertz CT molecular complexity index is 210. The van der Waals surface area contributed by atoms with Crippen molar-refractivity contribution in [1.82, 2.24) is 0 Å². The van der Waals surface area contributed by atoms with Gasteiger partial charge in [-0.25, -0.2) is 0 Å². The van der Waals surface area contributed by atoms with Gasteiger partial charge in [-0.3, -0.25) is 5.41 Å². The number of rotatable bonds is 2. The lowest BCUT2D eigenvalue weighted by Crippen LogP contribution is -2.01. The Morgan fingerprint density at radius 2 is 2.45 bits per heavy atom. The van der Waals surface area contributed by atoms with E-state index < -0.39 is 0 Å². The van der Waals surface area contributed by atoms with Gasteiger partial charge in [0.1, 0.15) is 0 Å². The van der Waals surface area contributed by atoms with E-state index >= 15 is 0 Å². The van der Waals surface area contributed by atoms with E-state index in [1.54, 1.807) is 11.3 Å². The number of ether oxygens (including phenoxy) is 1. The predicted molar refractivity (Wildman–Crippen MR) is 50.0 cm³/mol. The Morgan fingerprint density at radius 3 is 2.91 bits per heavy atom. The van der Waals surface area contributed by atoms with Gasteiger partial charge in [0.15, 0.2) is 5.90 Å². The SMILES string of the molecule is COC(=N)Cc1cccs1.Cl. The molecule has 0 aromatic carbocycles. The summed E-state index contributed by atoms with van der Waals surface area (Å²) in [6.07, 6.45) is 0.619. The highest BCUT2D eigenvalue weighted by molar-refractivity contribution is 7.10. The minimum Gasteiger partial charge on any atom is -0.484 e. The van der Waals surface area contributed by atoms with E-state index in [9.17, 15) is 0 Å². The topological polar surface area (TPSA) is 33.1 Å². The normalized spacial score (nSPS) is 8.45. The van der Waals surface area contributed by atoms with Gasteiger partial charge in [0.25, 0.3) is 0 Å². The standard InChI is InChI=1S/C7H9NOS.ClH/c1-9-7(8)5-6-3-2-4-10-6;/h2-4,8H,5H2,1H3;1H. The molecule has 0 amide bonds. The molecule has 0 aliphatic heterocycles. The molecule has 1 aromatic rings. The number of hydrogen-bond donors (Lipinski definition) is 1. The van der Waals surface area contributed by atoms with Crippen LogP contribution in [0.4, 0.5) is 0 Å². The van der Waals surface area contributed by atoms with E-state index in [0.717, 1.165) is 0 Å². The van der Waals surface area contributed by atoms with E-state index in [1.807, 2.05) is 17.5 Å². The monoisotopic (exact) mass is 191 g/mol. The Balaban J connectivity index is 0.000001000. The Morgan fingerprint density at radius 1 is 1.73 bits per heavy atom. The van der Waals surface area contributed by atoms with Crippen LogP contribution in [-0.2, 0) is 11.2 Å². The summed E-state index contributed by atoms with van der Waals surface area (Å²) in [6, 6.07) is 3.97. The molecule has 62 valence electrons. The van der Waals surface area contributed by atoms with Crippen LogP contribution in [0.3, 0.4) is 0 Å². The molecule has 0 saturated heterocycles. The minimum atomic E-state index is 0. The molecule has 0 bridgehead atoms. The summed E-state index contributed by atoms with van der Waals surface area (Å²) in [4.78, 5) is 1.17. The van der Waals surface area contributed by atoms with Crippen molar-refractivity contribution in [2.45, 2.75) is 6.42 Å². The van der Waals surface area contributed by atoms with Crippen molar-refractivity contribution in [3.8, 4) is 0 Å². The summed E-state index contributed by atoms with van der Waals surface area (Å²) in [6.45, 7) is 0. The molecule has 4 heteroatoms. The van der Waals surface area contributed by atoms with Crippen molar-refractivity contribution in [3.63, 3.8) is 0 Å². The Kier molecular flexibility index (Phi) is 4.90. The van der Waals surface area contributed by atoms with Gasteiger partial charge in [-0.1, -0.05) is 6.07 Å². The van der Waals surface area contributed by atoms with Gasteiger partial charge in [-0.2, -0.15) is 0 Å². The highest BCUT2D eigenvalue weighted by Crippen LogP contribution is 2.09. The summed E-state index contributed by atoms with van der Waals surface area (Å²) in [5.41, 5.74) is 0. The first-order valence-corrected chi connectivity index (χ1v) is 3.84. The maximum absolute atomic E-state index is 7.20. The lowest BCUT2D eigenvalue weighted by atomic mass is 10.3. The van der Waals surface area contributed by atoms with Gasteiger partial charge in [-0.05, 0) is 11.4 Å². The maximum atomic E-state index is 7.20. The molecule has 0 aliphatic rings. The molecule has 1 heterocycles. The molecule has 1 N–H and O–H groups in total. The van der Waals surface area contributed by atoms with E-state index in [-0.39, 0.29) is 12.4 Å². The average molecular weight is 192 g/mol. The number of nitrogens with one attached hydrogen (secondary N) is 1.